The van der Waals surface area contributed by atoms with E-state index in [0.717, 1.165) is 5.69 Å². The Bertz CT molecular complexity index is 471. The lowest BCUT2D eigenvalue weighted by atomic mass is 10.2. The zero-order chi connectivity index (χ0) is 13.1. The Hall–Kier alpha value is -1.86. The molecule has 0 aliphatic heterocycles. The van der Waals surface area contributed by atoms with Gasteiger partial charge in [0.25, 0.3) is 0 Å². The number of anilines is 1. The average molecular weight is 243 g/mol. The summed E-state index contributed by atoms with van der Waals surface area (Å²) in [7, 11) is 1.99. The molecule has 1 aromatic rings. The summed E-state index contributed by atoms with van der Waals surface area (Å²) in [5.41, 5.74) is 1.33. The van der Waals surface area contributed by atoms with Crippen LogP contribution in [-0.4, -0.2) is 29.9 Å². The highest BCUT2D eigenvalue weighted by Crippen LogP contribution is 2.27. The summed E-state index contributed by atoms with van der Waals surface area (Å²) in [6.07, 6.45) is 2.37. The van der Waals surface area contributed by atoms with Gasteiger partial charge in [-0.25, -0.2) is 0 Å². The third-order valence-corrected chi connectivity index (χ3v) is 3.39. The molecule has 1 aromatic carbocycles. The molecule has 2 rings (SSSR count). The topological polar surface area (TPSA) is 56.1 Å². The predicted octanol–water partition coefficient (Wildman–Crippen LogP) is 1.98. The van der Waals surface area contributed by atoms with Gasteiger partial charge in [0.2, 0.25) is 5.91 Å². The van der Waals surface area contributed by atoms with Crippen molar-refractivity contribution in [3.63, 3.8) is 0 Å². The number of carbonyl (C=O) groups is 1. The Morgan fingerprint density at radius 3 is 2.56 bits per heavy atom. The van der Waals surface area contributed by atoms with Gasteiger partial charge in [-0.15, -0.1) is 0 Å². The van der Waals surface area contributed by atoms with Crippen LogP contribution in [0.1, 0.15) is 25.3 Å². The van der Waals surface area contributed by atoms with Gasteiger partial charge in [0, 0.05) is 11.7 Å². The molecule has 0 aromatic heterocycles. The van der Waals surface area contributed by atoms with Gasteiger partial charge in [-0.3, -0.25) is 9.69 Å². The molecule has 4 heteroatoms. The molecule has 0 bridgehead atoms. The molecular formula is C14H17N3O. The first-order chi connectivity index (χ1) is 8.61. The SMILES string of the molecule is CC(C(=O)Nc1ccc(C#N)cc1)N(C)C1CC1. The number of nitrogens with one attached hydrogen (secondary N) is 1. The Kier molecular flexibility index (Phi) is 3.63. The predicted molar refractivity (Wildman–Crippen MR) is 70.0 cm³/mol. The molecule has 1 fully saturated rings. The van der Waals surface area contributed by atoms with E-state index in [2.05, 4.69) is 16.3 Å². The molecule has 18 heavy (non-hydrogen) atoms. The molecule has 1 saturated carbocycles. The highest BCUT2D eigenvalue weighted by molar-refractivity contribution is 5.94. The largest absolute Gasteiger partial charge is 0.325 e. The van der Waals surface area contributed by atoms with Crippen molar-refractivity contribution in [1.82, 2.24) is 4.90 Å². The van der Waals surface area contributed by atoms with Crippen LogP contribution in [0.4, 0.5) is 5.69 Å². The van der Waals surface area contributed by atoms with Crippen LogP contribution in [0.15, 0.2) is 24.3 Å². The van der Waals surface area contributed by atoms with Crippen LogP contribution in [-0.2, 0) is 4.79 Å². The maximum Gasteiger partial charge on any atom is 0.241 e. The van der Waals surface area contributed by atoms with Gasteiger partial charge in [0.05, 0.1) is 17.7 Å². The minimum atomic E-state index is -0.131. The first-order valence-corrected chi connectivity index (χ1v) is 6.15. The Labute approximate surface area is 107 Å². The lowest BCUT2D eigenvalue weighted by Crippen LogP contribution is -2.40. The molecule has 4 nitrogen and oxygen atoms in total. The van der Waals surface area contributed by atoms with Crippen molar-refractivity contribution in [1.29, 1.82) is 5.26 Å². The molecular weight excluding hydrogens is 226 g/mol. The normalized spacial score (nSPS) is 16.1. The van der Waals surface area contributed by atoms with Crippen molar-refractivity contribution in [3.8, 4) is 6.07 Å². The van der Waals surface area contributed by atoms with Crippen molar-refractivity contribution in [2.75, 3.05) is 12.4 Å². The molecule has 0 saturated heterocycles. The van der Waals surface area contributed by atoms with E-state index < -0.39 is 0 Å². The number of hydrogen-bond donors (Lipinski definition) is 1. The summed E-state index contributed by atoms with van der Waals surface area (Å²) < 4.78 is 0. The first kappa shape index (κ1) is 12.6. The van der Waals surface area contributed by atoms with Crippen LogP contribution in [0, 0.1) is 11.3 Å². The van der Waals surface area contributed by atoms with Gasteiger partial charge in [-0.1, -0.05) is 0 Å². The van der Waals surface area contributed by atoms with Gasteiger partial charge in [-0.05, 0) is 51.1 Å². The minimum Gasteiger partial charge on any atom is -0.325 e. The van der Waals surface area contributed by atoms with E-state index in [4.69, 9.17) is 5.26 Å². The zero-order valence-electron chi connectivity index (χ0n) is 10.7. The fourth-order valence-corrected chi connectivity index (χ4v) is 1.86. The number of hydrogen-bond acceptors (Lipinski definition) is 3. The number of nitrogens with zero attached hydrogens (tertiary/aromatic N) is 2. The molecule has 94 valence electrons. The first-order valence-electron chi connectivity index (χ1n) is 6.15. The highest BCUT2D eigenvalue weighted by atomic mass is 16.2. The number of benzene rings is 1. The van der Waals surface area contributed by atoms with Gasteiger partial charge in [0.15, 0.2) is 0 Å². The van der Waals surface area contributed by atoms with Gasteiger partial charge in [0.1, 0.15) is 0 Å². The fourth-order valence-electron chi connectivity index (χ4n) is 1.86. The molecule has 1 aliphatic rings. The van der Waals surface area contributed by atoms with Crippen LogP contribution in [0.25, 0.3) is 0 Å². The molecule has 1 aliphatic carbocycles. The summed E-state index contributed by atoms with van der Waals surface area (Å²) in [5.74, 6) is -0.00546. The van der Waals surface area contributed by atoms with Gasteiger partial charge < -0.3 is 5.32 Å². The van der Waals surface area contributed by atoms with E-state index in [0.29, 0.717) is 11.6 Å². The van der Waals surface area contributed by atoms with E-state index in [1.54, 1.807) is 24.3 Å². The summed E-state index contributed by atoms with van der Waals surface area (Å²) >= 11 is 0. The van der Waals surface area contributed by atoms with Crippen LogP contribution < -0.4 is 5.32 Å². The standard InChI is InChI=1S/C14H17N3O/c1-10(17(2)13-7-8-13)14(18)16-12-5-3-11(9-15)4-6-12/h3-6,10,13H,7-8H2,1-2H3,(H,16,18). The highest BCUT2D eigenvalue weighted by Gasteiger charge is 2.31. The summed E-state index contributed by atoms with van der Waals surface area (Å²) in [5, 5.41) is 11.6. The smallest absolute Gasteiger partial charge is 0.241 e. The third-order valence-electron chi connectivity index (χ3n) is 3.39. The maximum atomic E-state index is 12.0. The summed E-state index contributed by atoms with van der Waals surface area (Å²) in [4.78, 5) is 14.1. The Balaban J connectivity index is 1.95. The molecule has 1 N–H and O–H groups in total. The number of likely N-dealkylation sites (N-methyl/N-ethyl adjacent to an activating group) is 1. The quantitative estimate of drug-likeness (QED) is 0.879. The molecule has 1 atom stereocenters. The maximum absolute atomic E-state index is 12.0. The van der Waals surface area contributed by atoms with E-state index in [1.807, 2.05) is 14.0 Å². The lowest BCUT2D eigenvalue weighted by Gasteiger charge is -2.23. The summed E-state index contributed by atoms with van der Waals surface area (Å²) in [6, 6.07) is 9.38. The molecule has 0 spiro atoms. The van der Waals surface area contributed by atoms with E-state index in [-0.39, 0.29) is 11.9 Å². The second-order valence-electron chi connectivity index (χ2n) is 4.75. The van der Waals surface area contributed by atoms with Crippen LogP contribution in [0.2, 0.25) is 0 Å². The van der Waals surface area contributed by atoms with Gasteiger partial charge in [-0.2, -0.15) is 5.26 Å². The molecule has 1 amide bonds. The second kappa shape index (κ2) is 5.19. The molecule has 0 radical (unpaired) electrons. The number of rotatable bonds is 4. The van der Waals surface area contributed by atoms with Crippen LogP contribution >= 0.6 is 0 Å². The van der Waals surface area contributed by atoms with Crippen molar-refractivity contribution in [3.05, 3.63) is 29.8 Å². The van der Waals surface area contributed by atoms with Crippen molar-refractivity contribution < 1.29 is 4.79 Å². The van der Waals surface area contributed by atoms with E-state index in [1.165, 1.54) is 12.8 Å². The second-order valence-corrected chi connectivity index (χ2v) is 4.75. The third kappa shape index (κ3) is 2.88. The number of carbonyl (C=O) groups excluding carboxylic acids is 1. The van der Waals surface area contributed by atoms with Gasteiger partial charge >= 0.3 is 0 Å². The van der Waals surface area contributed by atoms with Crippen LogP contribution in [0.5, 0.6) is 0 Å². The van der Waals surface area contributed by atoms with Crippen LogP contribution in [0.3, 0.4) is 0 Å². The monoisotopic (exact) mass is 243 g/mol. The molecule has 0 heterocycles. The number of nitriles is 1. The van der Waals surface area contributed by atoms with Crippen molar-refractivity contribution >= 4 is 11.6 Å². The lowest BCUT2D eigenvalue weighted by molar-refractivity contribution is -0.120. The van der Waals surface area contributed by atoms with E-state index >= 15 is 0 Å². The zero-order valence-corrected chi connectivity index (χ0v) is 10.7. The van der Waals surface area contributed by atoms with Crippen molar-refractivity contribution in [2.45, 2.75) is 31.8 Å². The van der Waals surface area contributed by atoms with Crippen molar-refractivity contribution in [2.24, 2.45) is 0 Å². The average Bonchev–Trinajstić information content (AvgIpc) is 3.22. The Morgan fingerprint density at radius 1 is 1.44 bits per heavy atom. The Morgan fingerprint density at radius 2 is 2.06 bits per heavy atom. The van der Waals surface area contributed by atoms with E-state index in [9.17, 15) is 4.79 Å². The summed E-state index contributed by atoms with van der Waals surface area (Å²) in [6.45, 7) is 1.91. The molecule has 1 unspecified atom stereocenters. The fraction of sp³-hybridized carbons (Fsp3) is 0.429. The minimum absolute atomic E-state index is 0.00546. The number of amides is 1.